The van der Waals surface area contributed by atoms with E-state index in [1.54, 1.807) is 6.08 Å². The zero-order valence-electron chi connectivity index (χ0n) is 10.9. The highest BCUT2D eigenvalue weighted by Gasteiger charge is 2.26. The Morgan fingerprint density at radius 1 is 1.63 bits per heavy atom. The van der Waals surface area contributed by atoms with E-state index in [0.717, 1.165) is 25.8 Å². The average molecular weight is 262 g/mol. The molecule has 19 heavy (non-hydrogen) atoms. The van der Waals surface area contributed by atoms with Gasteiger partial charge < -0.3 is 11.1 Å². The molecule has 1 saturated heterocycles. The molecule has 102 valence electrons. The quantitative estimate of drug-likeness (QED) is 0.792. The highest BCUT2D eigenvalue weighted by molar-refractivity contribution is 5.99. The Morgan fingerprint density at radius 2 is 2.42 bits per heavy atom. The number of rotatable bonds is 4. The third-order valence-electron chi connectivity index (χ3n) is 3.13. The monoisotopic (exact) mass is 262 g/mol. The Bertz CT molecular complexity index is 513. The van der Waals surface area contributed by atoms with Crippen LogP contribution >= 0.6 is 0 Å². The summed E-state index contributed by atoms with van der Waals surface area (Å²) in [7, 11) is 0. The first kappa shape index (κ1) is 13.5. The number of nitrogens with one attached hydrogen (secondary N) is 1. The number of imidazole rings is 1. The van der Waals surface area contributed by atoms with E-state index >= 15 is 0 Å². The third kappa shape index (κ3) is 2.73. The van der Waals surface area contributed by atoms with Gasteiger partial charge in [0.2, 0.25) is 0 Å². The molecule has 1 unspecified atom stereocenters. The fourth-order valence-corrected chi connectivity index (χ4v) is 2.22. The van der Waals surface area contributed by atoms with Crippen molar-refractivity contribution >= 4 is 11.8 Å². The fraction of sp³-hybridized carbons (Fsp3) is 0.462. The van der Waals surface area contributed by atoms with Crippen molar-refractivity contribution in [3.63, 3.8) is 0 Å². The van der Waals surface area contributed by atoms with E-state index in [9.17, 15) is 9.59 Å². The summed E-state index contributed by atoms with van der Waals surface area (Å²) in [6.07, 6.45) is 7.26. The Kier molecular flexibility index (Phi) is 4.11. The molecule has 1 aliphatic heterocycles. The fourth-order valence-electron chi connectivity index (χ4n) is 2.22. The second-order valence-electron chi connectivity index (χ2n) is 4.50. The minimum absolute atomic E-state index is 0.00655. The molecule has 1 aliphatic rings. The van der Waals surface area contributed by atoms with Gasteiger partial charge >= 0.3 is 0 Å². The Labute approximate surface area is 111 Å². The van der Waals surface area contributed by atoms with E-state index in [-0.39, 0.29) is 17.6 Å². The van der Waals surface area contributed by atoms with Crippen LogP contribution in [-0.2, 0) is 0 Å². The second kappa shape index (κ2) is 5.79. The molecular weight excluding hydrogens is 244 g/mol. The van der Waals surface area contributed by atoms with Crippen LogP contribution in [0.4, 0.5) is 0 Å². The summed E-state index contributed by atoms with van der Waals surface area (Å²) < 4.78 is 1.32. The smallest absolute Gasteiger partial charge is 0.267 e. The van der Waals surface area contributed by atoms with Crippen molar-refractivity contribution in [2.45, 2.75) is 32.2 Å². The molecular formula is C13H18N4O2. The molecule has 3 N–H and O–H groups in total. The number of primary amides is 1. The van der Waals surface area contributed by atoms with Crippen LogP contribution in [0.5, 0.6) is 0 Å². The molecule has 6 nitrogen and oxygen atoms in total. The maximum atomic E-state index is 12.2. The van der Waals surface area contributed by atoms with Gasteiger partial charge in [-0.15, -0.1) is 0 Å². The Morgan fingerprint density at radius 3 is 3.00 bits per heavy atom. The number of nitrogens with two attached hydrogens (primary N) is 1. The number of carbonyl (C=O) groups is 2. The van der Waals surface area contributed by atoms with Gasteiger partial charge in [0.15, 0.2) is 0 Å². The summed E-state index contributed by atoms with van der Waals surface area (Å²) in [5, 5.41) is 3.26. The number of aromatic nitrogens is 2. The summed E-state index contributed by atoms with van der Waals surface area (Å²) in [6.45, 7) is 2.83. The van der Waals surface area contributed by atoms with Gasteiger partial charge in [-0.3, -0.25) is 14.2 Å². The van der Waals surface area contributed by atoms with E-state index in [0.29, 0.717) is 5.82 Å². The van der Waals surface area contributed by atoms with E-state index in [1.165, 1.54) is 16.8 Å². The van der Waals surface area contributed by atoms with Gasteiger partial charge in [0.05, 0.1) is 12.2 Å². The van der Waals surface area contributed by atoms with Gasteiger partial charge in [0.1, 0.15) is 11.5 Å². The molecule has 2 heterocycles. The van der Waals surface area contributed by atoms with Crippen LogP contribution in [0.15, 0.2) is 18.3 Å². The molecule has 1 fully saturated rings. The van der Waals surface area contributed by atoms with Crippen LogP contribution in [0.25, 0.3) is 0 Å². The van der Waals surface area contributed by atoms with Crippen LogP contribution in [0, 0.1) is 0 Å². The average Bonchev–Trinajstić information content (AvgIpc) is 3.02. The van der Waals surface area contributed by atoms with E-state index < -0.39 is 5.91 Å². The van der Waals surface area contributed by atoms with Crippen molar-refractivity contribution in [1.82, 2.24) is 14.9 Å². The topological polar surface area (TPSA) is 90.0 Å². The summed E-state index contributed by atoms with van der Waals surface area (Å²) in [5.74, 6) is -0.358. The molecule has 0 saturated carbocycles. The highest BCUT2D eigenvalue weighted by atomic mass is 16.2. The molecule has 0 spiro atoms. The number of hydrogen-bond donors (Lipinski definition) is 2. The summed E-state index contributed by atoms with van der Waals surface area (Å²) in [6, 6.07) is 0.00655. The molecule has 1 atom stereocenters. The molecule has 1 amide bonds. The zero-order valence-corrected chi connectivity index (χ0v) is 10.9. The number of allylic oxidation sites excluding steroid dienone is 2. The zero-order chi connectivity index (χ0) is 13.8. The molecule has 6 heteroatoms. The predicted molar refractivity (Wildman–Crippen MR) is 70.8 cm³/mol. The van der Waals surface area contributed by atoms with Crippen LogP contribution < -0.4 is 11.1 Å². The van der Waals surface area contributed by atoms with Gasteiger partial charge in [0.25, 0.3) is 11.8 Å². The number of hydrogen-bond acceptors (Lipinski definition) is 4. The molecule has 0 aliphatic carbocycles. The molecule has 1 aromatic rings. The lowest BCUT2D eigenvalue weighted by atomic mass is 10.2. The largest absolute Gasteiger partial charge is 0.364 e. The van der Waals surface area contributed by atoms with Gasteiger partial charge in [-0.2, -0.15) is 0 Å². The summed E-state index contributed by atoms with van der Waals surface area (Å²) >= 11 is 0. The summed E-state index contributed by atoms with van der Waals surface area (Å²) in [4.78, 5) is 27.8. The minimum Gasteiger partial charge on any atom is -0.364 e. The second-order valence-corrected chi connectivity index (χ2v) is 4.50. The van der Waals surface area contributed by atoms with Crippen molar-refractivity contribution in [3.8, 4) is 0 Å². The standard InChI is InChI=1S/C13H18N4O2/c1-2-3-6-11(18)17-10(12(14)19)8-16-13(17)9-5-4-7-15-9/h3,6,8-9,15H,2,4-5,7H2,1H3,(H2,14,19)/b6-3+. The molecule has 0 bridgehead atoms. The summed E-state index contributed by atoms with van der Waals surface area (Å²) in [5.41, 5.74) is 5.43. The number of amides is 1. The van der Waals surface area contributed by atoms with Crippen molar-refractivity contribution in [2.24, 2.45) is 5.73 Å². The van der Waals surface area contributed by atoms with Crippen LogP contribution in [0.3, 0.4) is 0 Å². The van der Waals surface area contributed by atoms with Crippen molar-refractivity contribution in [3.05, 3.63) is 29.9 Å². The Balaban J connectivity index is 2.41. The highest BCUT2D eigenvalue weighted by Crippen LogP contribution is 2.23. The Hall–Kier alpha value is -1.95. The first-order chi connectivity index (χ1) is 9.15. The lowest BCUT2D eigenvalue weighted by Crippen LogP contribution is -2.25. The van der Waals surface area contributed by atoms with E-state index in [1.807, 2.05) is 6.92 Å². The number of carbonyl (C=O) groups excluding carboxylic acids is 2. The molecule has 1 aromatic heterocycles. The van der Waals surface area contributed by atoms with Crippen molar-refractivity contribution in [2.75, 3.05) is 6.54 Å². The molecule has 0 radical (unpaired) electrons. The molecule has 2 rings (SSSR count). The minimum atomic E-state index is -0.644. The maximum Gasteiger partial charge on any atom is 0.267 e. The third-order valence-corrected chi connectivity index (χ3v) is 3.13. The normalized spacial score (nSPS) is 19.1. The van der Waals surface area contributed by atoms with E-state index in [4.69, 9.17) is 5.73 Å². The van der Waals surface area contributed by atoms with Gasteiger partial charge in [-0.25, -0.2) is 4.98 Å². The van der Waals surface area contributed by atoms with Crippen LogP contribution in [-0.4, -0.2) is 27.9 Å². The first-order valence-electron chi connectivity index (χ1n) is 6.46. The SMILES string of the molecule is CC/C=C/C(=O)n1c(C(N)=O)cnc1C1CCCN1. The number of nitrogens with zero attached hydrogens (tertiary/aromatic N) is 2. The maximum absolute atomic E-state index is 12.2. The van der Waals surface area contributed by atoms with Crippen LogP contribution in [0.2, 0.25) is 0 Å². The van der Waals surface area contributed by atoms with Gasteiger partial charge in [0, 0.05) is 0 Å². The lowest BCUT2D eigenvalue weighted by molar-refractivity contribution is 0.0924. The van der Waals surface area contributed by atoms with Crippen LogP contribution in [0.1, 0.15) is 53.3 Å². The van der Waals surface area contributed by atoms with Gasteiger partial charge in [-0.1, -0.05) is 13.0 Å². The first-order valence-corrected chi connectivity index (χ1v) is 6.46. The predicted octanol–water partition coefficient (Wildman–Crippen LogP) is 1.01. The van der Waals surface area contributed by atoms with E-state index in [2.05, 4.69) is 10.3 Å². The van der Waals surface area contributed by atoms with Crippen molar-refractivity contribution in [1.29, 1.82) is 0 Å². The lowest BCUT2D eigenvalue weighted by Gasteiger charge is -2.12. The molecule has 0 aromatic carbocycles. The van der Waals surface area contributed by atoms with Crippen molar-refractivity contribution < 1.29 is 9.59 Å². The van der Waals surface area contributed by atoms with Gasteiger partial charge in [-0.05, 0) is 31.9 Å².